The molecular formula is C34H47N3O10S. The van der Waals surface area contributed by atoms with Crippen LogP contribution < -0.4 is 14.8 Å². The van der Waals surface area contributed by atoms with E-state index >= 15 is 0 Å². The van der Waals surface area contributed by atoms with Gasteiger partial charge in [-0.15, -0.1) is 0 Å². The zero-order chi connectivity index (χ0) is 34.5. The summed E-state index contributed by atoms with van der Waals surface area (Å²) in [5.41, 5.74) is 0.268. The minimum absolute atomic E-state index is 0.0171. The van der Waals surface area contributed by atoms with Gasteiger partial charge >= 0.3 is 6.09 Å². The molecule has 2 aromatic rings. The molecular weight excluding hydrogens is 642 g/mol. The van der Waals surface area contributed by atoms with Crippen LogP contribution in [0.5, 0.6) is 11.5 Å². The molecule has 3 heterocycles. The van der Waals surface area contributed by atoms with Crippen molar-refractivity contribution in [3.05, 3.63) is 54.1 Å². The largest absolute Gasteiger partial charge is 0.465 e. The van der Waals surface area contributed by atoms with Crippen LogP contribution in [-0.4, -0.2) is 104 Å². The van der Waals surface area contributed by atoms with Crippen LogP contribution in [0.1, 0.15) is 52.0 Å². The summed E-state index contributed by atoms with van der Waals surface area (Å²) in [6, 6.07) is 12.1. The zero-order valence-corrected chi connectivity index (χ0v) is 28.6. The van der Waals surface area contributed by atoms with Crippen molar-refractivity contribution in [1.29, 1.82) is 0 Å². The van der Waals surface area contributed by atoms with Crippen LogP contribution in [0.25, 0.3) is 0 Å². The highest BCUT2D eigenvalue weighted by Crippen LogP contribution is 2.38. The van der Waals surface area contributed by atoms with Crippen molar-refractivity contribution in [1.82, 2.24) is 14.5 Å². The molecule has 0 saturated carbocycles. The first-order valence-corrected chi connectivity index (χ1v) is 17.9. The molecule has 14 heteroatoms. The highest BCUT2D eigenvalue weighted by atomic mass is 32.2. The van der Waals surface area contributed by atoms with Gasteiger partial charge in [0.15, 0.2) is 17.8 Å². The average molecular weight is 690 g/mol. The summed E-state index contributed by atoms with van der Waals surface area (Å²) in [6.45, 7) is 6.15. The lowest BCUT2D eigenvalue weighted by atomic mass is 9.87. The molecule has 5 atom stereocenters. The van der Waals surface area contributed by atoms with Crippen molar-refractivity contribution in [2.45, 2.75) is 82.2 Å². The molecule has 0 bridgehead atoms. The molecule has 0 unspecified atom stereocenters. The fraction of sp³-hybridized carbons (Fsp3) is 0.588. The van der Waals surface area contributed by atoms with Gasteiger partial charge in [0.05, 0.1) is 36.3 Å². The van der Waals surface area contributed by atoms with Gasteiger partial charge in [0, 0.05) is 38.5 Å². The van der Waals surface area contributed by atoms with Crippen molar-refractivity contribution in [2.75, 3.05) is 39.6 Å². The Balaban J connectivity index is 1.45. The van der Waals surface area contributed by atoms with Crippen molar-refractivity contribution in [2.24, 2.45) is 11.3 Å². The number of aliphatic hydroxyl groups is 1. The van der Waals surface area contributed by atoms with E-state index in [1.807, 2.05) is 44.2 Å². The molecule has 0 spiro atoms. The maximum atomic E-state index is 14.4. The topological polar surface area (TPSA) is 164 Å². The number of sulfonamides is 1. The monoisotopic (exact) mass is 689 g/mol. The van der Waals surface area contributed by atoms with Gasteiger partial charge in [-0.05, 0) is 48.8 Å². The summed E-state index contributed by atoms with van der Waals surface area (Å²) in [6.07, 6.45) is -0.246. The first-order valence-electron chi connectivity index (χ1n) is 16.5. The second kappa shape index (κ2) is 15.4. The number of rotatable bonds is 16. The lowest BCUT2D eigenvalue weighted by Gasteiger charge is -2.40. The highest BCUT2D eigenvalue weighted by molar-refractivity contribution is 7.89. The Morgan fingerprint density at radius 1 is 1.06 bits per heavy atom. The fourth-order valence-corrected chi connectivity index (χ4v) is 8.51. The molecule has 0 radical (unpaired) electrons. The van der Waals surface area contributed by atoms with Crippen molar-refractivity contribution >= 4 is 22.0 Å². The molecule has 5 rings (SSSR count). The summed E-state index contributed by atoms with van der Waals surface area (Å²) in [7, 11) is -4.21. The number of amides is 2. The normalized spacial score (nSPS) is 21.6. The van der Waals surface area contributed by atoms with E-state index in [-0.39, 0.29) is 49.6 Å². The maximum absolute atomic E-state index is 14.4. The lowest BCUT2D eigenvalue weighted by Crippen LogP contribution is -2.58. The fourth-order valence-electron chi connectivity index (χ4n) is 6.85. The van der Waals surface area contributed by atoms with Gasteiger partial charge in [0.1, 0.15) is 0 Å². The third-order valence-electron chi connectivity index (χ3n) is 9.31. The Hall–Kier alpha value is -3.43. The number of aliphatic hydroxyl groups excluding tert-OH is 1. The molecule has 0 aromatic heterocycles. The number of carbonyl (C=O) groups excluding carboxylic acids is 1. The summed E-state index contributed by atoms with van der Waals surface area (Å²) >= 11 is 0. The van der Waals surface area contributed by atoms with Gasteiger partial charge in [-0.25, -0.2) is 13.2 Å². The second-order valence-electron chi connectivity index (χ2n) is 13.5. The molecule has 3 N–H and O–H groups in total. The molecule has 48 heavy (non-hydrogen) atoms. The van der Waals surface area contributed by atoms with Crippen molar-refractivity contribution in [3.63, 3.8) is 0 Å². The number of nitrogens with one attached hydrogen (secondary N) is 1. The Bertz CT molecular complexity index is 1520. The van der Waals surface area contributed by atoms with Crippen LogP contribution in [0.2, 0.25) is 0 Å². The highest BCUT2D eigenvalue weighted by Gasteiger charge is 2.49. The Labute approximate surface area is 282 Å². The number of carboxylic acid groups (broad SMARTS) is 1. The average Bonchev–Trinajstić information content (AvgIpc) is 3.79. The number of nitrogens with zero attached hydrogens (tertiary/aromatic N) is 2. The smallest absolute Gasteiger partial charge is 0.407 e. The van der Waals surface area contributed by atoms with Gasteiger partial charge in [0.2, 0.25) is 22.7 Å². The molecule has 3 aliphatic rings. The number of fused-ring (bicyclic) bond motifs is 2. The van der Waals surface area contributed by atoms with Crippen LogP contribution >= 0.6 is 0 Å². The van der Waals surface area contributed by atoms with Gasteiger partial charge < -0.3 is 34.5 Å². The van der Waals surface area contributed by atoms with Gasteiger partial charge in [0.25, 0.3) is 0 Å². The number of unbranched alkanes of at least 4 members (excludes halogenated alkanes) is 1. The summed E-state index contributed by atoms with van der Waals surface area (Å²) in [4.78, 5) is 25.5. The summed E-state index contributed by atoms with van der Waals surface area (Å²) < 4.78 is 52.4. The third kappa shape index (κ3) is 8.58. The van der Waals surface area contributed by atoms with Crippen LogP contribution in [0.4, 0.5) is 4.79 Å². The standard InChI is InChI=1S/C34H47N3O10S/c1-23(38)35-15-8-7-14-34(2,3)21-36(48(42,43)25-11-12-30-31(18-25)47-22-46-30)19-29(39)27(17-24-9-5-4-6-10-24)37(33(40)41)28-20-45-32-26(28)13-16-44-32/h4-6,9-12,18,26-29,32,39H,7-8,13-17,19-22H2,1-3H3,(H,35,38)(H,40,41)/t26-,27-,28-,29+,32+/m0/s1. The van der Waals surface area contributed by atoms with E-state index in [9.17, 15) is 28.2 Å². The minimum Gasteiger partial charge on any atom is -0.465 e. The second-order valence-corrected chi connectivity index (χ2v) is 15.5. The van der Waals surface area contributed by atoms with Gasteiger partial charge in [-0.2, -0.15) is 4.31 Å². The molecule has 2 fully saturated rings. The molecule has 2 saturated heterocycles. The SMILES string of the molecule is CC(=O)NCCCCC(C)(C)CN(C[C@@H](O)[C@H](Cc1ccccc1)N(C(=O)O)[C@H]1CO[C@H]2OCC[C@H]21)S(=O)(=O)c1ccc2c(c1)OCO2. The third-order valence-corrected chi connectivity index (χ3v) is 11.1. The van der Waals surface area contributed by atoms with Gasteiger partial charge in [-0.3, -0.25) is 9.69 Å². The number of ether oxygens (including phenoxy) is 4. The molecule has 3 aliphatic heterocycles. The van der Waals surface area contributed by atoms with Crippen molar-refractivity contribution < 1.29 is 47.2 Å². The number of hydrogen-bond donors (Lipinski definition) is 3. The summed E-state index contributed by atoms with van der Waals surface area (Å²) in [5, 5.41) is 25.4. The molecule has 264 valence electrons. The van der Waals surface area contributed by atoms with E-state index in [0.717, 1.165) is 18.4 Å². The van der Waals surface area contributed by atoms with Crippen LogP contribution in [-0.2, 0) is 30.7 Å². The van der Waals surface area contributed by atoms with E-state index in [2.05, 4.69) is 5.32 Å². The molecule has 2 aromatic carbocycles. The summed E-state index contributed by atoms with van der Waals surface area (Å²) in [5.74, 6) is 0.441. The van der Waals surface area contributed by atoms with E-state index in [0.29, 0.717) is 37.5 Å². The van der Waals surface area contributed by atoms with E-state index < -0.39 is 46.0 Å². The van der Waals surface area contributed by atoms with E-state index in [1.165, 1.54) is 28.3 Å². The predicted octanol–water partition coefficient (Wildman–Crippen LogP) is 3.45. The number of benzene rings is 2. The van der Waals surface area contributed by atoms with Gasteiger partial charge in [-0.1, -0.05) is 50.6 Å². The van der Waals surface area contributed by atoms with Crippen LogP contribution in [0.3, 0.4) is 0 Å². The Morgan fingerprint density at radius 3 is 2.54 bits per heavy atom. The number of hydrogen-bond acceptors (Lipinski definition) is 9. The minimum atomic E-state index is -4.21. The molecule has 0 aliphatic carbocycles. The molecule has 13 nitrogen and oxygen atoms in total. The van der Waals surface area contributed by atoms with E-state index in [1.54, 1.807) is 6.07 Å². The van der Waals surface area contributed by atoms with Crippen LogP contribution in [0.15, 0.2) is 53.4 Å². The zero-order valence-electron chi connectivity index (χ0n) is 27.7. The lowest BCUT2D eigenvalue weighted by molar-refractivity contribution is -0.118. The first kappa shape index (κ1) is 35.9. The Kier molecular flexibility index (Phi) is 11.5. The Morgan fingerprint density at radius 2 is 1.81 bits per heavy atom. The van der Waals surface area contributed by atoms with Crippen molar-refractivity contribution in [3.8, 4) is 11.5 Å². The quantitative estimate of drug-likeness (QED) is 0.223. The first-order chi connectivity index (χ1) is 22.9. The maximum Gasteiger partial charge on any atom is 0.407 e. The van der Waals surface area contributed by atoms with Crippen LogP contribution in [0, 0.1) is 11.3 Å². The molecule has 2 amide bonds. The van der Waals surface area contributed by atoms with E-state index in [4.69, 9.17) is 18.9 Å². The predicted molar refractivity (Wildman–Crippen MR) is 175 cm³/mol. The number of carbonyl (C=O) groups is 2.